The van der Waals surface area contributed by atoms with Crippen molar-refractivity contribution in [3.8, 4) is 6.07 Å². The zero-order chi connectivity index (χ0) is 14.2. The summed E-state index contributed by atoms with van der Waals surface area (Å²) in [6, 6.07) is 10.6. The topological polar surface area (TPSA) is 48.3 Å². The molecule has 1 atom stereocenters. The molecule has 4 heteroatoms. The van der Waals surface area contributed by atoms with E-state index in [-0.39, 0.29) is 0 Å². The normalized spacial score (nSPS) is 18.4. The van der Waals surface area contributed by atoms with Crippen LogP contribution in [-0.2, 0) is 11.3 Å². The molecule has 0 amide bonds. The Kier molecular flexibility index (Phi) is 6.00. The molecule has 4 nitrogen and oxygen atoms in total. The molecule has 1 aromatic carbocycles. The molecular weight excluding hydrogens is 250 g/mol. The number of hydrogen-bond donors (Lipinski definition) is 1. The van der Waals surface area contributed by atoms with E-state index in [0.717, 1.165) is 38.3 Å². The number of rotatable bonds is 7. The average Bonchev–Trinajstić information content (AvgIpc) is 2.98. The predicted molar refractivity (Wildman–Crippen MR) is 79.3 cm³/mol. The summed E-state index contributed by atoms with van der Waals surface area (Å²) < 4.78 is 5.21. The monoisotopic (exact) mass is 273 g/mol. The predicted octanol–water partition coefficient (Wildman–Crippen LogP) is 1.76. The van der Waals surface area contributed by atoms with Gasteiger partial charge < -0.3 is 10.1 Å². The highest BCUT2D eigenvalue weighted by atomic mass is 16.5. The summed E-state index contributed by atoms with van der Waals surface area (Å²) in [4.78, 5) is 2.42. The van der Waals surface area contributed by atoms with Gasteiger partial charge in [0.25, 0.3) is 0 Å². The maximum Gasteiger partial charge on any atom is 0.0991 e. The minimum Gasteiger partial charge on any atom is -0.383 e. The summed E-state index contributed by atoms with van der Waals surface area (Å²) in [5.41, 5.74) is 1.97. The fraction of sp³-hybridized carbons (Fsp3) is 0.562. The first-order valence-electron chi connectivity index (χ1n) is 7.25. The van der Waals surface area contributed by atoms with Crippen molar-refractivity contribution in [2.75, 3.05) is 33.4 Å². The molecule has 0 saturated carbocycles. The Bertz CT molecular complexity index is 432. The van der Waals surface area contributed by atoms with Crippen LogP contribution in [0.25, 0.3) is 0 Å². The Morgan fingerprint density at radius 2 is 2.20 bits per heavy atom. The smallest absolute Gasteiger partial charge is 0.0991 e. The van der Waals surface area contributed by atoms with Crippen molar-refractivity contribution in [2.24, 2.45) is 0 Å². The van der Waals surface area contributed by atoms with Gasteiger partial charge in [0.05, 0.1) is 18.2 Å². The standard InChI is InChI=1S/C16H23N3O/c1-20-10-9-19(13-16-3-2-8-18-16)12-15-6-4-14(11-17)5-7-15/h4-7,16,18H,2-3,8-10,12-13H2,1H3. The Morgan fingerprint density at radius 1 is 1.40 bits per heavy atom. The van der Waals surface area contributed by atoms with Gasteiger partial charge in [-0.25, -0.2) is 0 Å². The van der Waals surface area contributed by atoms with Gasteiger partial charge in [-0.2, -0.15) is 5.26 Å². The molecule has 0 aromatic heterocycles. The zero-order valence-electron chi connectivity index (χ0n) is 12.1. The third-order valence-electron chi connectivity index (χ3n) is 3.74. The van der Waals surface area contributed by atoms with Crippen molar-refractivity contribution >= 4 is 0 Å². The quantitative estimate of drug-likeness (QED) is 0.822. The summed E-state index contributed by atoms with van der Waals surface area (Å²) >= 11 is 0. The van der Waals surface area contributed by atoms with Gasteiger partial charge in [-0.1, -0.05) is 12.1 Å². The van der Waals surface area contributed by atoms with Crippen LogP contribution in [-0.4, -0.2) is 44.3 Å². The van der Waals surface area contributed by atoms with Gasteiger partial charge in [-0.3, -0.25) is 4.90 Å². The Morgan fingerprint density at radius 3 is 2.80 bits per heavy atom. The van der Waals surface area contributed by atoms with Crippen LogP contribution in [0, 0.1) is 11.3 Å². The maximum atomic E-state index is 8.83. The molecule has 1 aliphatic heterocycles. The third-order valence-corrected chi connectivity index (χ3v) is 3.74. The summed E-state index contributed by atoms with van der Waals surface area (Å²) in [6.07, 6.45) is 2.54. The van der Waals surface area contributed by atoms with Gasteiger partial charge in [0.1, 0.15) is 0 Å². The van der Waals surface area contributed by atoms with Gasteiger partial charge in [-0.05, 0) is 37.1 Å². The lowest BCUT2D eigenvalue weighted by Gasteiger charge is -2.25. The van der Waals surface area contributed by atoms with E-state index in [1.165, 1.54) is 18.4 Å². The SMILES string of the molecule is COCCN(Cc1ccc(C#N)cc1)CC1CCCN1. The fourth-order valence-electron chi connectivity index (χ4n) is 2.62. The Labute approximate surface area is 121 Å². The molecule has 0 aliphatic carbocycles. The molecule has 1 unspecified atom stereocenters. The van der Waals surface area contributed by atoms with Crippen LogP contribution in [0.1, 0.15) is 24.0 Å². The third kappa shape index (κ3) is 4.61. The lowest BCUT2D eigenvalue weighted by molar-refractivity contribution is 0.138. The van der Waals surface area contributed by atoms with Crippen LogP contribution < -0.4 is 5.32 Å². The first kappa shape index (κ1) is 15.0. The molecule has 20 heavy (non-hydrogen) atoms. The minimum atomic E-state index is 0.602. The average molecular weight is 273 g/mol. The molecule has 1 fully saturated rings. The van der Waals surface area contributed by atoms with Gasteiger partial charge >= 0.3 is 0 Å². The molecule has 1 N–H and O–H groups in total. The van der Waals surface area contributed by atoms with Crippen molar-refractivity contribution < 1.29 is 4.74 Å². The molecule has 1 saturated heterocycles. The molecule has 0 radical (unpaired) electrons. The lowest BCUT2D eigenvalue weighted by atomic mass is 10.1. The molecular formula is C16H23N3O. The number of nitriles is 1. The highest BCUT2D eigenvalue weighted by Gasteiger charge is 2.17. The molecule has 0 spiro atoms. The van der Waals surface area contributed by atoms with Crippen LogP contribution in [0.3, 0.4) is 0 Å². The fourth-order valence-corrected chi connectivity index (χ4v) is 2.62. The number of nitrogens with zero attached hydrogens (tertiary/aromatic N) is 2. The van der Waals surface area contributed by atoms with E-state index < -0.39 is 0 Å². The minimum absolute atomic E-state index is 0.602. The Balaban J connectivity index is 1.92. The summed E-state index contributed by atoms with van der Waals surface area (Å²) in [7, 11) is 1.74. The van der Waals surface area contributed by atoms with Crippen molar-refractivity contribution in [1.82, 2.24) is 10.2 Å². The van der Waals surface area contributed by atoms with Crippen LogP contribution in [0.4, 0.5) is 0 Å². The second-order valence-corrected chi connectivity index (χ2v) is 5.33. The van der Waals surface area contributed by atoms with Crippen LogP contribution in [0.5, 0.6) is 0 Å². The van der Waals surface area contributed by atoms with Crippen molar-refractivity contribution in [3.63, 3.8) is 0 Å². The summed E-state index contributed by atoms with van der Waals surface area (Å²) in [6.45, 7) is 4.80. The van der Waals surface area contributed by atoms with Crippen LogP contribution in [0.2, 0.25) is 0 Å². The largest absolute Gasteiger partial charge is 0.383 e. The number of hydrogen-bond acceptors (Lipinski definition) is 4. The molecule has 0 bridgehead atoms. The van der Waals surface area contributed by atoms with Crippen molar-refractivity contribution in [1.29, 1.82) is 5.26 Å². The van der Waals surface area contributed by atoms with E-state index in [0.29, 0.717) is 6.04 Å². The molecule has 1 aromatic rings. The number of nitrogens with one attached hydrogen (secondary N) is 1. The van der Waals surface area contributed by atoms with Crippen LogP contribution in [0.15, 0.2) is 24.3 Å². The highest BCUT2D eigenvalue weighted by Crippen LogP contribution is 2.11. The molecule has 108 valence electrons. The van der Waals surface area contributed by atoms with E-state index in [4.69, 9.17) is 10.00 Å². The zero-order valence-corrected chi connectivity index (χ0v) is 12.1. The first-order valence-corrected chi connectivity index (χ1v) is 7.25. The number of methoxy groups -OCH3 is 1. The van der Waals surface area contributed by atoms with Gasteiger partial charge in [0.2, 0.25) is 0 Å². The second-order valence-electron chi connectivity index (χ2n) is 5.33. The van der Waals surface area contributed by atoms with Crippen molar-refractivity contribution in [2.45, 2.75) is 25.4 Å². The second kappa shape index (κ2) is 8.01. The van der Waals surface area contributed by atoms with Gasteiger partial charge in [-0.15, -0.1) is 0 Å². The number of ether oxygens (including phenoxy) is 1. The summed E-state index contributed by atoms with van der Waals surface area (Å²) in [5.74, 6) is 0. The summed E-state index contributed by atoms with van der Waals surface area (Å²) in [5, 5.41) is 12.4. The van der Waals surface area contributed by atoms with Crippen molar-refractivity contribution in [3.05, 3.63) is 35.4 Å². The van der Waals surface area contributed by atoms with E-state index in [1.54, 1.807) is 7.11 Å². The number of benzene rings is 1. The van der Waals surface area contributed by atoms with Crippen LogP contribution >= 0.6 is 0 Å². The Hall–Kier alpha value is -1.41. The first-order chi connectivity index (χ1) is 9.81. The molecule has 1 heterocycles. The maximum absolute atomic E-state index is 8.83. The lowest BCUT2D eigenvalue weighted by Crippen LogP contribution is -2.38. The molecule has 1 aliphatic rings. The van der Waals surface area contributed by atoms with Gasteiger partial charge in [0.15, 0.2) is 0 Å². The van der Waals surface area contributed by atoms with E-state index >= 15 is 0 Å². The van der Waals surface area contributed by atoms with E-state index in [1.807, 2.05) is 24.3 Å². The molecule has 2 rings (SSSR count). The van der Waals surface area contributed by atoms with Gasteiger partial charge in [0, 0.05) is 32.8 Å². The highest BCUT2D eigenvalue weighted by molar-refractivity contribution is 5.31. The van der Waals surface area contributed by atoms with E-state index in [9.17, 15) is 0 Å². The van der Waals surface area contributed by atoms with E-state index in [2.05, 4.69) is 16.3 Å².